The molecule has 0 saturated carbocycles. The van der Waals surface area contributed by atoms with Crippen molar-refractivity contribution in [3.63, 3.8) is 0 Å². The lowest BCUT2D eigenvalue weighted by atomic mass is 10.0. The molecule has 2 rings (SSSR count). The summed E-state index contributed by atoms with van der Waals surface area (Å²) in [4.78, 5) is 1.99. The highest BCUT2D eigenvalue weighted by Gasteiger charge is 2.16. The summed E-state index contributed by atoms with van der Waals surface area (Å²) < 4.78 is 10.2. The van der Waals surface area contributed by atoms with Crippen LogP contribution in [0.15, 0.2) is 54.3 Å². The van der Waals surface area contributed by atoms with Crippen LogP contribution in [-0.2, 0) is 4.74 Å². The molecule has 3 heteroatoms. The van der Waals surface area contributed by atoms with E-state index in [4.69, 9.17) is 15.9 Å². The van der Waals surface area contributed by atoms with Crippen LogP contribution in [0.5, 0.6) is 5.75 Å². The Bertz CT molecular complexity index is 603. The van der Waals surface area contributed by atoms with Crippen LogP contribution in [0.4, 0.5) is 0 Å². The maximum Gasteiger partial charge on any atom is 0.188 e. The van der Waals surface area contributed by atoms with Crippen LogP contribution in [0.2, 0.25) is 0 Å². The van der Waals surface area contributed by atoms with Gasteiger partial charge in [-0.15, -0.1) is 6.42 Å². The zero-order valence-electron chi connectivity index (χ0n) is 11.7. The summed E-state index contributed by atoms with van der Waals surface area (Å²) in [5.41, 5.74) is 3.75. The molecule has 0 atom stereocenters. The summed E-state index contributed by atoms with van der Waals surface area (Å²) in [6, 6.07) is 7.81. The largest absolute Gasteiger partial charge is 0.468 e. The van der Waals surface area contributed by atoms with E-state index in [1.54, 1.807) is 7.11 Å². The lowest BCUT2D eigenvalue weighted by molar-refractivity contribution is 0.0511. The molecule has 0 unspecified atom stereocenters. The summed E-state index contributed by atoms with van der Waals surface area (Å²) in [5.74, 6) is 3.40. The van der Waals surface area contributed by atoms with Crippen molar-refractivity contribution < 1.29 is 9.47 Å². The van der Waals surface area contributed by atoms with Crippen LogP contribution in [0, 0.1) is 12.3 Å². The van der Waals surface area contributed by atoms with Crippen LogP contribution < -0.4 is 4.74 Å². The third-order valence-corrected chi connectivity index (χ3v) is 3.13. The van der Waals surface area contributed by atoms with Gasteiger partial charge in [0.15, 0.2) is 6.79 Å². The molecule has 0 aromatic heterocycles. The second kappa shape index (κ2) is 6.14. The van der Waals surface area contributed by atoms with Crippen molar-refractivity contribution in [1.29, 1.82) is 0 Å². The van der Waals surface area contributed by atoms with Crippen molar-refractivity contribution in [2.24, 2.45) is 0 Å². The van der Waals surface area contributed by atoms with Gasteiger partial charge in [-0.1, -0.05) is 12.5 Å². The smallest absolute Gasteiger partial charge is 0.188 e. The van der Waals surface area contributed by atoms with E-state index >= 15 is 0 Å². The van der Waals surface area contributed by atoms with E-state index in [1.165, 1.54) is 0 Å². The van der Waals surface area contributed by atoms with Crippen molar-refractivity contribution in [2.45, 2.75) is 0 Å². The minimum Gasteiger partial charge on any atom is -0.468 e. The minimum atomic E-state index is 0.243. The number of rotatable bonds is 4. The maximum atomic E-state index is 5.44. The first kappa shape index (κ1) is 14.0. The van der Waals surface area contributed by atoms with Gasteiger partial charge in [-0.2, -0.15) is 0 Å². The number of methoxy groups -OCH3 is 1. The first-order valence-electron chi connectivity index (χ1n) is 6.21. The predicted octanol–water partition coefficient (Wildman–Crippen LogP) is 3.03. The number of benzene rings is 1. The van der Waals surface area contributed by atoms with E-state index in [2.05, 4.69) is 12.5 Å². The number of likely N-dealkylation sites (N-methyl/N-ethyl adjacent to an activating group) is 1. The molecule has 102 valence electrons. The number of hydrogen-bond donors (Lipinski definition) is 0. The molecule has 0 bridgehead atoms. The zero-order valence-corrected chi connectivity index (χ0v) is 11.7. The molecule has 1 aliphatic rings. The molecule has 0 N–H and O–H groups in total. The molecule has 20 heavy (non-hydrogen) atoms. The first-order valence-corrected chi connectivity index (χ1v) is 6.21. The highest BCUT2D eigenvalue weighted by molar-refractivity contribution is 5.72. The summed E-state index contributed by atoms with van der Waals surface area (Å²) in [7, 11) is 3.55. The predicted molar refractivity (Wildman–Crippen MR) is 80.7 cm³/mol. The number of nitrogens with zero attached hydrogens (tertiary/aromatic N) is 1. The fourth-order valence-electron chi connectivity index (χ4n) is 1.97. The van der Waals surface area contributed by atoms with Crippen molar-refractivity contribution >= 4 is 5.70 Å². The Morgan fingerprint density at radius 3 is 2.55 bits per heavy atom. The molecule has 0 radical (unpaired) electrons. The van der Waals surface area contributed by atoms with Crippen LogP contribution in [0.3, 0.4) is 0 Å². The fraction of sp³-hybridized carbons (Fsp3) is 0.176. The highest BCUT2D eigenvalue weighted by atomic mass is 16.7. The number of allylic oxidation sites excluding steroid dienone is 3. The molecule has 0 fully saturated rings. The second-order valence-electron chi connectivity index (χ2n) is 4.36. The van der Waals surface area contributed by atoms with Gasteiger partial charge in [0.05, 0.1) is 0 Å². The van der Waals surface area contributed by atoms with E-state index in [1.807, 2.05) is 48.4 Å². The average molecular weight is 267 g/mol. The monoisotopic (exact) mass is 267 g/mol. The van der Waals surface area contributed by atoms with Gasteiger partial charge in [-0.05, 0) is 42.0 Å². The van der Waals surface area contributed by atoms with Gasteiger partial charge in [0.2, 0.25) is 0 Å². The second-order valence-corrected chi connectivity index (χ2v) is 4.36. The van der Waals surface area contributed by atoms with Crippen LogP contribution in [0.25, 0.3) is 5.70 Å². The molecular formula is C17H17NO2. The summed E-state index contributed by atoms with van der Waals surface area (Å²) in [6.07, 6.45) is 9.35. The van der Waals surface area contributed by atoms with E-state index in [0.29, 0.717) is 0 Å². The van der Waals surface area contributed by atoms with Crippen LogP contribution in [0.1, 0.15) is 5.56 Å². The Hall–Kier alpha value is -2.44. The molecule has 0 spiro atoms. The highest BCUT2D eigenvalue weighted by Crippen LogP contribution is 2.29. The Kier molecular flexibility index (Phi) is 4.29. The van der Waals surface area contributed by atoms with Crippen molar-refractivity contribution in [3.05, 3.63) is 59.8 Å². The van der Waals surface area contributed by atoms with E-state index in [-0.39, 0.29) is 6.79 Å². The van der Waals surface area contributed by atoms with E-state index < -0.39 is 0 Å². The molecule has 0 saturated heterocycles. The van der Waals surface area contributed by atoms with E-state index in [0.717, 1.165) is 28.3 Å². The van der Waals surface area contributed by atoms with E-state index in [9.17, 15) is 0 Å². The Balaban J connectivity index is 2.24. The number of terminal acetylenes is 1. The van der Waals surface area contributed by atoms with Crippen molar-refractivity contribution in [2.75, 3.05) is 21.0 Å². The zero-order chi connectivity index (χ0) is 14.5. The van der Waals surface area contributed by atoms with Gasteiger partial charge in [0, 0.05) is 31.1 Å². The van der Waals surface area contributed by atoms with Crippen molar-refractivity contribution in [1.82, 2.24) is 4.90 Å². The SMILES string of the molecule is C#CC1=CC=C(c2ccc(OCOC)cc2)N(C)C1=C. The molecule has 1 heterocycles. The lowest BCUT2D eigenvalue weighted by Crippen LogP contribution is -2.19. The molecule has 1 aromatic rings. The number of hydrogen-bond acceptors (Lipinski definition) is 3. The quantitative estimate of drug-likeness (QED) is 0.618. The fourth-order valence-corrected chi connectivity index (χ4v) is 1.97. The lowest BCUT2D eigenvalue weighted by Gasteiger charge is -2.28. The molecule has 3 nitrogen and oxygen atoms in total. The van der Waals surface area contributed by atoms with Gasteiger partial charge < -0.3 is 14.4 Å². The van der Waals surface area contributed by atoms with Gasteiger partial charge in [-0.25, -0.2) is 0 Å². The topological polar surface area (TPSA) is 21.7 Å². The Morgan fingerprint density at radius 1 is 1.25 bits per heavy atom. The average Bonchev–Trinajstić information content (AvgIpc) is 2.48. The van der Waals surface area contributed by atoms with Gasteiger partial charge in [-0.3, -0.25) is 0 Å². The normalized spacial score (nSPS) is 14.4. The summed E-state index contributed by atoms with van der Waals surface area (Å²) in [6.45, 7) is 4.26. The molecular weight excluding hydrogens is 250 g/mol. The van der Waals surface area contributed by atoms with Gasteiger partial charge >= 0.3 is 0 Å². The van der Waals surface area contributed by atoms with Crippen LogP contribution >= 0.6 is 0 Å². The molecule has 1 aliphatic heterocycles. The van der Waals surface area contributed by atoms with Gasteiger partial charge in [0.1, 0.15) is 5.75 Å². The van der Waals surface area contributed by atoms with Crippen LogP contribution in [-0.4, -0.2) is 25.9 Å². The van der Waals surface area contributed by atoms with Gasteiger partial charge in [0.25, 0.3) is 0 Å². The summed E-state index contributed by atoms with van der Waals surface area (Å²) >= 11 is 0. The maximum absolute atomic E-state index is 5.44. The third kappa shape index (κ3) is 2.76. The molecule has 0 amide bonds. The summed E-state index contributed by atoms with van der Waals surface area (Å²) in [5, 5.41) is 0. The molecule has 0 aliphatic carbocycles. The standard InChI is InChI=1S/C17H17NO2/c1-5-14-8-11-17(18(3)13(14)2)15-6-9-16(10-7-15)20-12-19-4/h1,6-11H,2,12H2,3-4H3. The first-order chi connectivity index (χ1) is 9.67. The molecule has 1 aromatic carbocycles. The third-order valence-electron chi connectivity index (χ3n) is 3.13. The number of ether oxygens (including phenoxy) is 2. The van der Waals surface area contributed by atoms with Crippen molar-refractivity contribution in [3.8, 4) is 18.1 Å². The Labute approximate surface area is 119 Å². The Morgan fingerprint density at radius 2 is 1.95 bits per heavy atom. The minimum absolute atomic E-state index is 0.243.